The summed E-state index contributed by atoms with van der Waals surface area (Å²) in [6.07, 6.45) is 0. The van der Waals surface area contributed by atoms with Crippen molar-refractivity contribution in [3.05, 3.63) is 24.3 Å². The maximum atomic E-state index is 12.2. The van der Waals surface area contributed by atoms with E-state index in [1.807, 2.05) is 0 Å². The Morgan fingerprint density at radius 1 is 1.40 bits per heavy atom. The van der Waals surface area contributed by atoms with Gasteiger partial charge in [0.05, 0.1) is 5.69 Å². The SMILES string of the molecule is NNC(=S)Nc1ccccc1SC(F)F. The third-order valence-corrected chi connectivity index (χ3v) is 2.49. The molecule has 0 aliphatic rings. The quantitative estimate of drug-likeness (QED) is 0.332. The molecule has 0 atom stereocenters. The second-order valence-electron chi connectivity index (χ2n) is 2.47. The van der Waals surface area contributed by atoms with Crippen LogP contribution in [0.5, 0.6) is 0 Å². The standard InChI is InChI=1S/C8H9F2N3S2/c9-7(10)15-6-4-2-1-3-5(6)12-8(14)13-11/h1-4,7H,11H2,(H2,12,13,14). The molecule has 0 amide bonds. The van der Waals surface area contributed by atoms with Crippen molar-refractivity contribution in [3.63, 3.8) is 0 Å². The van der Waals surface area contributed by atoms with Crippen LogP contribution in [0.15, 0.2) is 29.2 Å². The lowest BCUT2D eigenvalue weighted by Gasteiger charge is -2.11. The number of nitrogens with one attached hydrogen (secondary N) is 2. The van der Waals surface area contributed by atoms with Gasteiger partial charge in [-0.25, -0.2) is 5.84 Å². The largest absolute Gasteiger partial charge is 0.331 e. The molecule has 0 heterocycles. The van der Waals surface area contributed by atoms with Gasteiger partial charge in [0.1, 0.15) is 0 Å². The lowest BCUT2D eigenvalue weighted by molar-refractivity contribution is 0.252. The van der Waals surface area contributed by atoms with Crippen molar-refractivity contribution < 1.29 is 8.78 Å². The average Bonchev–Trinajstić information content (AvgIpc) is 2.20. The molecule has 0 saturated heterocycles. The molecule has 1 aromatic rings. The van der Waals surface area contributed by atoms with Crippen molar-refractivity contribution in [2.24, 2.45) is 5.84 Å². The van der Waals surface area contributed by atoms with E-state index < -0.39 is 5.76 Å². The molecule has 0 radical (unpaired) electrons. The zero-order valence-corrected chi connectivity index (χ0v) is 9.17. The predicted octanol–water partition coefficient (Wildman–Crippen LogP) is 2.16. The molecule has 0 bridgehead atoms. The number of benzene rings is 1. The molecule has 0 aliphatic carbocycles. The first-order valence-corrected chi connectivity index (χ1v) is 5.23. The summed E-state index contributed by atoms with van der Waals surface area (Å²) < 4.78 is 24.4. The van der Waals surface area contributed by atoms with Gasteiger partial charge in [-0.1, -0.05) is 23.9 Å². The van der Waals surface area contributed by atoms with E-state index in [9.17, 15) is 8.78 Å². The summed E-state index contributed by atoms with van der Waals surface area (Å²) in [6, 6.07) is 6.62. The van der Waals surface area contributed by atoms with Gasteiger partial charge in [0.2, 0.25) is 0 Å². The van der Waals surface area contributed by atoms with Crippen molar-refractivity contribution in [1.82, 2.24) is 5.43 Å². The van der Waals surface area contributed by atoms with E-state index >= 15 is 0 Å². The molecular weight excluding hydrogens is 240 g/mol. The first-order chi connectivity index (χ1) is 7.13. The topological polar surface area (TPSA) is 50.1 Å². The van der Waals surface area contributed by atoms with Gasteiger partial charge >= 0.3 is 0 Å². The van der Waals surface area contributed by atoms with E-state index in [2.05, 4.69) is 10.7 Å². The number of rotatable bonds is 3. The lowest BCUT2D eigenvalue weighted by atomic mass is 10.3. The molecule has 82 valence electrons. The van der Waals surface area contributed by atoms with Crippen LogP contribution < -0.4 is 16.6 Å². The number of thiocarbonyl (C=S) groups is 1. The maximum absolute atomic E-state index is 12.2. The third kappa shape index (κ3) is 3.98. The van der Waals surface area contributed by atoms with Crippen LogP contribution in [-0.4, -0.2) is 10.9 Å². The van der Waals surface area contributed by atoms with Crippen molar-refractivity contribution in [2.45, 2.75) is 10.7 Å². The minimum atomic E-state index is -2.47. The molecule has 0 aromatic heterocycles. The highest BCUT2D eigenvalue weighted by molar-refractivity contribution is 7.99. The minimum Gasteiger partial charge on any atom is -0.331 e. The van der Waals surface area contributed by atoms with E-state index in [1.54, 1.807) is 24.3 Å². The fourth-order valence-corrected chi connectivity index (χ4v) is 1.63. The van der Waals surface area contributed by atoms with Crippen molar-refractivity contribution in [2.75, 3.05) is 5.32 Å². The van der Waals surface area contributed by atoms with E-state index in [0.29, 0.717) is 22.3 Å². The first kappa shape index (κ1) is 12.2. The van der Waals surface area contributed by atoms with Crippen molar-refractivity contribution in [3.8, 4) is 0 Å². The summed E-state index contributed by atoms with van der Waals surface area (Å²) in [6.45, 7) is 0. The molecule has 0 aliphatic heterocycles. The summed E-state index contributed by atoms with van der Waals surface area (Å²) in [5.74, 6) is 2.60. The summed E-state index contributed by atoms with van der Waals surface area (Å²) in [5, 5.41) is 2.88. The number of hydrogen-bond donors (Lipinski definition) is 3. The molecule has 7 heteroatoms. The van der Waals surface area contributed by atoms with Gasteiger partial charge < -0.3 is 10.7 Å². The highest BCUT2D eigenvalue weighted by Crippen LogP contribution is 2.31. The van der Waals surface area contributed by atoms with Gasteiger partial charge in [0, 0.05) is 4.90 Å². The smallest absolute Gasteiger partial charge is 0.288 e. The van der Waals surface area contributed by atoms with Crippen LogP contribution in [-0.2, 0) is 0 Å². The van der Waals surface area contributed by atoms with Crippen LogP contribution in [0.3, 0.4) is 0 Å². The van der Waals surface area contributed by atoms with Gasteiger partial charge in [0.25, 0.3) is 5.76 Å². The molecule has 0 saturated carbocycles. The molecule has 15 heavy (non-hydrogen) atoms. The van der Waals surface area contributed by atoms with Crippen LogP contribution >= 0.6 is 24.0 Å². The molecule has 4 N–H and O–H groups in total. The molecule has 1 rings (SSSR count). The van der Waals surface area contributed by atoms with Crippen LogP contribution in [0.2, 0.25) is 0 Å². The highest BCUT2D eigenvalue weighted by Gasteiger charge is 2.09. The van der Waals surface area contributed by atoms with Crippen LogP contribution in [0.1, 0.15) is 0 Å². The van der Waals surface area contributed by atoms with Crippen LogP contribution in [0.4, 0.5) is 14.5 Å². The molecule has 0 unspecified atom stereocenters. The van der Waals surface area contributed by atoms with Crippen LogP contribution in [0.25, 0.3) is 0 Å². The number of nitrogens with two attached hydrogens (primary N) is 1. The lowest BCUT2D eigenvalue weighted by Crippen LogP contribution is -2.34. The normalized spacial score (nSPS) is 10.1. The molecule has 1 aromatic carbocycles. The Hall–Kier alpha value is -0.920. The zero-order chi connectivity index (χ0) is 11.3. The zero-order valence-electron chi connectivity index (χ0n) is 7.54. The van der Waals surface area contributed by atoms with E-state index in [4.69, 9.17) is 18.1 Å². The predicted molar refractivity (Wildman–Crippen MR) is 61.8 cm³/mol. The summed E-state index contributed by atoms with van der Waals surface area (Å²) in [5.41, 5.74) is 2.72. The Kier molecular flexibility index (Phi) is 4.73. The first-order valence-electron chi connectivity index (χ1n) is 3.95. The Labute approximate surface area is 95.4 Å². The molecule has 3 nitrogen and oxygen atoms in total. The van der Waals surface area contributed by atoms with E-state index in [0.717, 1.165) is 0 Å². The number of anilines is 1. The van der Waals surface area contributed by atoms with Gasteiger partial charge in [-0.2, -0.15) is 8.78 Å². The number of hydrogen-bond acceptors (Lipinski definition) is 3. The second kappa shape index (κ2) is 5.84. The monoisotopic (exact) mass is 249 g/mol. The Morgan fingerprint density at radius 3 is 2.67 bits per heavy atom. The fourth-order valence-electron chi connectivity index (χ4n) is 0.927. The minimum absolute atomic E-state index is 0.178. The van der Waals surface area contributed by atoms with Gasteiger partial charge in [-0.3, -0.25) is 0 Å². The summed E-state index contributed by atoms with van der Waals surface area (Å²) >= 11 is 5.22. The van der Waals surface area contributed by atoms with Gasteiger partial charge in [-0.05, 0) is 24.4 Å². The number of para-hydroxylation sites is 1. The van der Waals surface area contributed by atoms with Gasteiger partial charge in [0.15, 0.2) is 5.11 Å². The average molecular weight is 249 g/mol. The number of halogens is 2. The Balaban J connectivity index is 2.81. The number of alkyl halides is 2. The third-order valence-electron chi connectivity index (χ3n) is 1.48. The Morgan fingerprint density at radius 2 is 2.07 bits per heavy atom. The van der Waals surface area contributed by atoms with E-state index in [-0.39, 0.29) is 5.11 Å². The summed E-state index contributed by atoms with van der Waals surface area (Å²) in [4.78, 5) is 0.421. The fraction of sp³-hybridized carbons (Fsp3) is 0.125. The van der Waals surface area contributed by atoms with Crippen molar-refractivity contribution >= 4 is 34.8 Å². The number of thioether (sulfide) groups is 1. The highest BCUT2D eigenvalue weighted by atomic mass is 32.2. The molecule has 0 fully saturated rings. The maximum Gasteiger partial charge on any atom is 0.288 e. The molecular formula is C8H9F2N3S2. The molecule has 0 spiro atoms. The Bertz CT molecular complexity index is 346. The van der Waals surface area contributed by atoms with Gasteiger partial charge in [-0.15, -0.1) is 0 Å². The second-order valence-corrected chi connectivity index (χ2v) is 3.91. The van der Waals surface area contributed by atoms with Crippen molar-refractivity contribution in [1.29, 1.82) is 0 Å². The summed E-state index contributed by atoms with van der Waals surface area (Å²) in [7, 11) is 0. The van der Waals surface area contributed by atoms with Crippen LogP contribution in [0, 0.1) is 0 Å². The number of hydrazine groups is 1. The van der Waals surface area contributed by atoms with E-state index in [1.165, 1.54) is 0 Å².